The Morgan fingerprint density at radius 3 is 2.33 bits per heavy atom. The van der Waals surface area contributed by atoms with Crippen LogP contribution in [0.1, 0.15) is 23.9 Å². The Balaban J connectivity index is 2.62. The molecule has 0 aliphatic carbocycles. The maximum atomic E-state index is 5.98. The molecule has 3 heteroatoms. The maximum Gasteiger partial charge on any atom is 0.0892 e. The van der Waals surface area contributed by atoms with Gasteiger partial charge in [0.25, 0.3) is 0 Å². The monoisotopic (exact) mass is 256 g/mol. The highest BCUT2D eigenvalue weighted by atomic mass is 32.1. The first-order valence-corrected chi connectivity index (χ1v) is 6.25. The molecule has 0 aliphatic rings. The van der Waals surface area contributed by atoms with Crippen LogP contribution < -0.4 is 5.73 Å². The molecule has 0 spiro atoms. The summed E-state index contributed by atoms with van der Waals surface area (Å²) in [4.78, 5) is 5.01. The highest BCUT2D eigenvalue weighted by Gasteiger charge is 2.33. The number of aryl methyl sites for hydroxylation is 1. The number of rotatable bonds is 3. The second kappa shape index (κ2) is 4.86. The maximum absolute atomic E-state index is 5.98. The molecule has 0 aliphatic heterocycles. The lowest BCUT2D eigenvalue weighted by atomic mass is 9.79. The summed E-state index contributed by atoms with van der Waals surface area (Å²) < 4.78 is 0. The van der Waals surface area contributed by atoms with Gasteiger partial charge in [0.05, 0.1) is 16.1 Å². The van der Waals surface area contributed by atoms with Crippen LogP contribution in [-0.2, 0) is 5.41 Å². The molecule has 0 radical (unpaired) electrons. The fourth-order valence-electron chi connectivity index (χ4n) is 2.01. The summed E-state index contributed by atoms with van der Waals surface area (Å²) in [6.07, 6.45) is 0. The molecule has 2 nitrogen and oxygen atoms in total. The van der Waals surface area contributed by atoms with Gasteiger partial charge in [-0.15, -0.1) is 0 Å². The zero-order chi connectivity index (χ0) is 13.2. The van der Waals surface area contributed by atoms with Gasteiger partial charge < -0.3 is 5.73 Å². The zero-order valence-electron chi connectivity index (χ0n) is 10.6. The van der Waals surface area contributed by atoms with Crippen molar-refractivity contribution in [3.8, 4) is 0 Å². The second-order valence-corrected chi connectivity index (χ2v) is 4.96. The van der Waals surface area contributed by atoms with E-state index >= 15 is 0 Å². The Kier molecular flexibility index (Phi) is 3.43. The third kappa shape index (κ3) is 2.14. The lowest BCUT2D eigenvalue weighted by Gasteiger charge is -2.28. The van der Waals surface area contributed by atoms with Gasteiger partial charge in [-0.25, -0.2) is 0 Å². The third-order valence-electron chi connectivity index (χ3n) is 3.24. The number of hydrogen-bond acceptors (Lipinski definition) is 2. The summed E-state index contributed by atoms with van der Waals surface area (Å²) in [5.74, 6) is 0. The van der Waals surface area contributed by atoms with E-state index in [1.807, 2.05) is 62.4 Å². The minimum Gasteiger partial charge on any atom is -0.392 e. The number of aromatic nitrogens is 1. The molecular formula is C15H16N2S. The van der Waals surface area contributed by atoms with E-state index in [1.54, 1.807) is 0 Å². The molecular weight excluding hydrogens is 240 g/mol. The summed E-state index contributed by atoms with van der Waals surface area (Å²) in [5.41, 5.74) is 8.37. The van der Waals surface area contributed by atoms with Gasteiger partial charge in [0.2, 0.25) is 0 Å². The van der Waals surface area contributed by atoms with Gasteiger partial charge in [-0.05, 0) is 31.5 Å². The smallest absolute Gasteiger partial charge is 0.0892 e. The van der Waals surface area contributed by atoms with Crippen molar-refractivity contribution in [1.82, 2.24) is 4.98 Å². The Morgan fingerprint density at radius 2 is 1.78 bits per heavy atom. The van der Waals surface area contributed by atoms with E-state index in [4.69, 9.17) is 18.0 Å². The Labute approximate surface area is 113 Å². The molecule has 1 aromatic heterocycles. The van der Waals surface area contributed by atoms with Crippen LogP contribution in [-0.4, -0.2) is 9.97 Å². The number of pyridine rings is 1. The molecule has 18 heavy (non-hydrogen) atoms. The molecule has 1 aromatic carbocycles. The normalized spacial score (nSPS) is 13.9. The summed E-state index contributed by atoms with van der Waals surface area (Å²) in [6.45, 7) is 3.99. The molecule has 0 saturated carbocycles. The van der Waals surface area contributed by atoms with E-state index in [0.717, 1.165) is 17.0 Å². The Morgan fingerprint density at radius 1 is 1.11 bits per heavy atom. The standard InChI is InChI=1S/C15H16N2S/c1-11-7-6-10-13(17-11)15(2,14(16)18)12-8-4-3-5-9-12/h3-10H,1-2H3,(H2,16,18). The fourth-order valence-corrected chi connectivity index (χ4v) is 2.23. The van der Waals surface area contributed by atoms with Crippen LogP contribution in [0, 0.1) is 6.92 Å². The van der Waals surface area contributed by atoms with E-state index in [2.05, 4.69) is 4.98 Å². The van der Waals surface area contributed by atoms with Crippen molar-refractivity contribution in [3.05, 3.63) is 65.5 Å². The zero-order valence-corrected chi connectivity index (χ0v) is 11.4. The fraction of sp³-hybridized carbons (Fsp3) is 0.200. The van der Waals surface area contributed by atoms with E-state index < -0.39 is 5.41 Å². The number of benzene rings is 1. The van der Waals surface area contributed by atoms with Gasteiger partial charge in [0.15, 0.2) is 0 Å². The average molecular weight is 256 g/mol. The summed E-state index contributed by atoms with van der Waals surface area (Å²) in [7, 11) is 0. The molecule has 2 rings (SSSR count). The van der Waals surface area contributed by atoms with Crippen LogP contribution in [0.4, 0.5) is 0 Å². The van der Waals surface area contributed by atoms with Crippen molar-refractivity contribution in [2.45, 2.75) is 19.3 Å². The highest BCUT2D eigenvalue weighted by molar-refractivity contribution is 7.80. The molecule has 2 N–H and O–H groups in total. The Hall–Kier alpha value is -1.74. The SMILES string of the molecule is Cc1cccc(C(C)(C(N)=S)c2ccccc2)n1. The predicted molar refractivity (Wildman–Crippen MR) is 78.7 cm³/mol. The van der Waals surface area contributed by atoms with Gasteiger partial charge >= 0.3 is 0 Å². The van der Waals surface area contributed by atoms with E-state index in [-0.39, 0.29) is 0 Å². The summed E-state index contributed by atoms with van der Waals surface area (Å²) in [6, 6.07) is 15.9. The Bertz CT molecular complexity index is 566. The highest BCUT2D eigenvalue weighted by Crippen LogP contribution is 2.31. The number of thiocarbonyl (C=S) groups is 1. The molecule has 0 bridgehead atoms. The van der Waals surface area contributed by atoms with E-state index in [0.29, 0.717) is 4.99 Å². The van der Waals surface area contributed by atoms with Crippen LogP contribution >= 0.6 is 12.2 Å². The summed E-state index contributed by atoms with van der Waals surface area (Å²) >= 11 is 5.28. The molecule has 92 valence electrons. The quantitative estimate of drug-likeness (QED) is 0.858. The lowest BCUT2D eigenvalue weighted by Crippen LogP contribution is -2.39. The van der Waals surface area contributed by atoms with Crippen LogP contribution in [0.15, 0.2) is 48.5 Å². The molecule has 1 atom stereocenters. The van der Waals surface area contributed by atoms with Crippen molar-refractivity contribution in [3.63, 3.8) is 0 Å². The van der Waals surface area contributed by atoms with Gasteiger partial charge in [-0.2, -0.15) is 0 Å². The average Bonchev–Trinajstić information content (AvgIpc) is 2.38. The van der Waals surface area contributed by atoms with Gasteiger partial charge in [-0.1, -0.05) is 48.6 Å². The minimum atomic E-state index is -0.525. The van der Waals surface area contributed by atoms with Crippen LogP contribution in [0.5, 0.6) is 0 Å². The molecule has 0 amide bonds. The van der Waals surface area contributed by atoms with Crippen LogP contribution in [0.2, 0.25) is 0 Å². The molecule has 0 saturated heterocycles. The predicted octanol–water partition coefficient (Wildman–Crippen LogP) is 2.98. The molecule has 1 heterocycles. The number of nitrogens with two attached hydrogens (primary N) is 1. The molecule has 1 unspecified atom stereocenters. The van der Waals surface area contributed by atoms with Gasteiger partial charge in [0.1, 0.15) is 0 Å². The van der Waals surface area contributed by atoms with Crippen molar-refractivity contribution in [2.75, 3.05) is 0 Å². The van der Waals surface area contributed by atoms with Gasteiger partial charge in [-0.3, -0.25) is 4.98 Å². The minimum absolute atomic E-state index is 0.437. The second-order valence-electron chi connectivity index (χ2n) is 4.52. The van der Waals surface area contributed by atoms with Crippen LogP contribution in [0.3, 0.4) is 0 Å². The first kappa shape index (κ1) is 12.7. The number of hydrogen-bond donors (Lipinski definition) is 1. The third-order valence-corrected chi connectivity index (χ3v) is 3.65. The first-order valence-electron chi connectivity index (χ1n) is 5.84. The van der Waals surface area contributed by atoms with E-state index in [1.165, 1.54) is 0 Å². The topological polar surface area (TPSA) is 38.9 Å². The molecule has 2 aromatic rings. The van der Waals surface area contributed by atoms with Crippen molar-refractivity contribution in [1.29, 1.82) is 0 Å². The van der Waals surface area contributed by atoms with Crippen LogP contribution in [0.25, 0.3) is 0 Å². The molecule has 0 fully saturated rings. The van der Waals surface area contributed by atoms with E-state index in [9.17, 15) is 0 Å². The summed E-state index contributed by atoms with van der Waals surface area (Å²) in [5, 5.41) is 0. The lowest BCUT2D eigenvalue weighted by molar-refractivity contribution is 0.738. The van der Waals surface area contributed by atoms with Crippen molar-refractivity contribution < 1.29 is 0 Å². The largest absolute Gasteiger partial charge is 0.392 e. The first-order chi connectivity index (χ1) is 8.55. The van der Waals surface area contributed by atoms with Gasteiger partial charge in [0, 0.05) is 5.69 Å². The number of nitrogens with zero attached hydrogens (tertiary/aromatic N) is 1. The van der Waals surface area contributed by atoms with Crippen molar-refractivity contribution in [2.24, 2.45) is 5.73 Å². The van der Waals surface area contributed by atoms with Crippen molar-refractivity contribution >= 4 is 17.2 Å².